The van der Waals surface area contributed by atoms with Gasteiger partial charge in [0, 0.05) is 15.7 Å². The SMILES string of the molecule is Cc1cc(I)ccc1Nc1c(C(=O)NOCC2CC2)cc2nc(CCO)[nH]c2c1F. The Morgan fingerprint density at radius 1 is 1.40 bits per heavy atom. The van der Waals surface area contributed by atoms with Gasteiger partial charge in [0.2, 0.25) is 0 Å². The first-order valence-electron chi connectivity index (χ1n) is 9.73. The standard InChI is InChI=1S/C21H22FIN4O3/c1-11-8-13(23)4-5-15(11)25-19-14(21(29)27-30-10-12-2-3-12)9-16-20(18(19)22)26-17(24-16)6-7-28/h4-5,8-9,12,25,28H,2-3,6-7,10H2,1H3,(H,24,26)(H,27,29). The van der Waals surface area contributed by atoms with Crippen LogP contribution in [0, 0.1) is 22.2 Å². The number of aryl methyl sites for hydroxylation is 1. The van der Waals surface area contributed by atoms with Gasteiger partial charge in [-0.05, 0) is 78.1 Å². The van der Waals surface area contributed by atoms with Gasteiger partial charge in [0.05, 0.1) is 30.0 Å². The number of nitrogens with zero attached hydrogens (tertiary/aromatic N) is 1. The molecule has 0 spiro atoms. The molecule has 9 heteroatoms. The lowest BCUT2D eigenvalue weighted by Crippen LogP contribution is -2.26. The second-order valence-corrected chi connectivity index (χ2v) is 8.68. The summed E-state index contributed by atoms with van der Waals surface area (Å²) in [6, 6.07) is 7.24. The number of anilines is 2. The van der Waals surface area contributed by atoms with Gasteiger partial charge in [0.1, 0.15) is 11.3 Å². The van der Waals surface area contributed by atoms with Crippen molar-refractivity contribution in [2.45, 2.75) is 26.2 Å². The molecular weight excluding hydrogens is 502 g/mol. The minimum Gasteiger partial charge on any atom is -0.396 e. The fraction of sp³-hybridized carbons (Fsp3) is 0.333. The molecule has 0 bridgehead atoms. The maximum Gasteiger partial charge on any atom is 0.277 e. The molecule has 1 aliphatic rings. The van der Waals surface area contributed by atoms with E-state index in [1.54, 1.807) is 0 Å². The van der Waals surface area contributed by atoms with Gasteiger partial charge >= 0.3 is 0 Å². The fourth-order valence-electron chi connectivity index (χ4n) is 3.15. The van der Waals surface area contributed by atoms with E-state index in [1.807, 2.05) is 25.1 Å². The van der Waals surface area contributed by atoms with Crippen molar-refractivity contribution in [1.82, 2.24) is 15.4 Å². The molecule has 1 fully saturated rings. The Morgan fingerprint density at radius 2 is 2.20 bits per heavy atom. The molecule has 1 heterocycles. The number of aliphatic hydroxyl groups excluding tert-OH is 1. The number of halogens is 2. The van der Waals surface area contributed by atoms with Crippen molar-refractivity contribution in [3.63, 3.8) is 0 Å². The number of aromatic nitrogens is 2. The molecule has 30 heavy (non-hydrogen) atoms. The molecule has 1 saturated carbocycles. The van der Waals surface area contributed by atoms with Crippen LogP contribution in [-0.2, 0) is 11.3 Å². The number of amides is 1. The number of H-pyrrole nitrogens is 1. The normalized spacial score (nSPS) is 13.6. The molecular formula is C21H22FIN4O3. The van der Waals surface area contributed by atoms with E-state index in [-0.39, 0.29) is 29.8 Å². The molecule has 158 valence electrons. The maximum atomic E-state index is 15.5. The third-order valence-electron chi connectivity index (χ3n) is 4.99. The Labute approximate surface area is 186 Å². The van der Waals surface area contributed by atoms with Crippen molar-refractivity contribution in [1.29, 1.82) is 0 Å². The number of aliphatic hydroxyl groups is 1. The zero-order valence-corrected chi connectivity index (χ0v) is 18.5. The number of carbonyl (C=O) groups is 1. The summed E-state index contributed by atoms with van der Waals surface area (Å²) < 4.78 is 16.5. The van der Waals surface area contributed by atoms with Crippen LogP contribution in [0.4, 0.5) is 15.8 Å². The summed E-state index contributed by atoms with van der Waals surface area (Å²) in [5, 5.41) is 12.2. The van der Waals surface area contributed by atoms with E-state index in [0.29, 0.717) is 29.6 Å². The number of rotatable bonds is 8. The van der Waals surface area contributed by atoms with E-state index in [4.69, 9.17) is 9.94 Å². The molecule has 1 aromatic heterocycles. The van der Waals surface area contributed by atoms with Crippen LogP contribution in [0.5, 0.6) is 0 Å². The summed E-state index contributed by atoms with van der Waals surface area (Å²) in [4.78, 5) is 25.3. The average molecular weight is 524 g/mol. The lowest BCUT2D eigenvalue weighted by Gasteiger charge is -2.15. The Hall–Kier alpha value is -2.24. The number of hydrogen-bond donors (Lipinski definition) is 4. The van der Waals surface area contributed by atoms with Crippen molar-refractivity contribution < 1.29 is 19.1 Å². The highest BCUT2D eigenvalue weighted by atomic mass is 127. The highest BCUT2D eigenvalue weighted by molar-refractivity contribution is 14.1. The van der Waals surface area contributed by atoms with E-state index in [1.165, 1.54) is 6.07 Å². The minimum atomic E-state index is -0.616. The fourth-order valence-corrected chi connectivity index (χ4v) is 3.80. The molecule has 0 aliphatic heterocycles. The number of imidazole rings is 1. The van der Waals surface area contributed by atoms with Crippen LogP contribution >= 0.6 is 22.6 Å². The summed E-state index contributed by atoms with van der Waals surface area (Å²) >= 11 is 2.21. The van der Waals surface area contributed by atoms with Gasteiger partial charge in [-0.2, -0.15) is 0 Å². The highest BCUT2D eigenvalue weighted by Gasteiger charge is 2.24. The van der Waals surface area contributed by atoms with Crippen LogP contribution in [0.3, 0.4) is 0 Å². The third kappa shape index (κ3) is 4.57. The molecule has 7 nitrogen and oxygen atoms in total. The second-order valence-electron chi connectivity index (χ2n) is 7.43. The van der Waals surface area contributed by atoms with Crippen LogP contribution in [0.15, 0.2) is 24.3 Å². The number of carbonyl (C=O) groups excluding carboxylic acids is 1. The summed E-state index contributed by atoms with van der Waals surface area (Å²) in [5.74, 6) is -0.238. The monoisotopic (exact) mass is 524 g/mol. The van der Waals surface area contributed by atoms with Gasteiger partial charge in [-0.1, -0.05) is 0 Å². The molecule has 3 aromatic rings. The van der Waals surface area contributed by atoms with Crippen LogP contribution in [0.2, 0.25) is 0 Å². The summed E-state index contributed by atoms with van der Waals surface area (Å²) in [5.41, 5.74) is 4.66. The number of aromatic amines is 1. The minimum absolute atomic E-state index is 0.0403. The smallest absolute Gasteiger partial charge is 0.277 e. The van der Waals surface area contributed by atoms with Gasteiger partial charge in [0.15, 0.2) is 5.82 Å². The number of hydroxylamine groups is 1. The number of hydrogen-bond acceptors (Lipinski definition) is 5. The van der Waals surface area contributed by atoms with Gasteiger partial charge in [-0.3, -0.25) is 9.63 Å². The molecule has 2 aromatic carbocycles. The van der Waals surface area contributed by atoms with Crippen LogP contribution in [-0.4, -0.2) is 34.2 Å². The Kier molecular flexibility index (Phi) is 6.21. The van der Waals surface area contributed by atoms with Gasteiger partial charge in [0.25, 0.3) is 5.91 Å². The van der Waals surface area contributed by atoms with Crippen molar-refractivity contribution in [2.75, 3.05) is 18.5 Å². The van der Waals surface area contributed by atoms with Crippen LogP contribution in [0.25, 0.3) is 11.0 Å². The quantitative estimate of drug-likeness (QED) is 0.264. The molecule has 4 N–H and O–H groups in total. The summed E-state index contributed by atoms with van der Waals surface area (Å²) in [7, 11) is 0. The van der Waals surface area contributed by atoms with E-state index in [9.17, 15) is 4.79 Å². The first-order chi connectivity index (χ1) is 14.5. The number of benzene rings is 2. The number of fused-ring (bicyclic) bond motifs is 1. The zero-order chi connectivity index (χ0) is 21.3. The molecule has 0 unspecified atom stereocenters. The average Bonchev–Trinajstić information content (AvgIpc) is 3.44. The van der Waals surface area contributed by atoms with E-state index < -0.39 is 11.7 Å². The second kappa shape index (κ2) is 8.86. The Morgan fingerprint density at radius 3 is 2.90 bits per heavy atom. The molecule has 0 atom stereocenters. The van der Waals surface area contributed by atoms with Crippen molar-refractivity contribution in [3.8, 4) is 0 Å². The largest absolute Gasteiger partial charge is 0.396 e. The van der Waals surface area contributed by atoms with Gasteiger partial charge in [-0.25, -0.2) is 14.9 Å². The van der Waals surface area contributed by atoms with Crippen LogP contribution < -0.4 is 10.8 Å². The van der Waals surface area contributed by atoms with Gasteiger partial charge < -0.3 is 15.4 Å². The lowest BCUT2D eigenvalue weighted by molar-refractivity contribution is 0.0271. The maximum absolute atomic E-state index is 15.5. The topological polar surface area (TPSA) is 99.3 Å². The summed E-state index contributed by atoms with van der Waals surface area (Å²) in [6.45, 7) is 2.24. The van der Waals surface area contributed by atoms with E-state index in [0.717, 1.165) is 22.0 Å². The van der Waals surface area contributed by atoms with Crippen molar-refractivity contribution >= 4 is 50.9 Å². The first-order valence-corrected chi connectivity index (χ1v) is 10.8. The third-order valence-corrected chi connectivity index (χ3v) is 5.66. The predicted octanol–water partition coefficient (Wildman–Crippen LogP) is 3.96. The Balaban J connectivity index is 1.73. The lowest BCUT2D eigenvalue weighted by atomic mass is 10.1. The van der Waals surface area contributed by atoms with Crippen LogP contribution in [0.1, 0.15) is 34.6 Å². The van der Waals surface area contributed by atoms with E-state index >= 15 is 4.39 Å². The Bertz CT molecular complexity index is 1100. The predicted molar refractivity (Wildman–Crippen MR) is 120 cm³/mol. The molecule has 4 rings (SSSR count). The van der Waals surface area contributed by atoms with Gasteiger partial charge in [-0.15, -0.1) is 0 Å². The zero-order valence-electron chi connectivity index (χ0n) is 16.4. The highest BCUT2D eigenvalue weighted by Crippen LogP contribution is 2.32. The summed E-state index contributed by atoms with van der Waals surface area (Å²) in [6.07, 6.45) is 2.45. The van der Waals surface area contributed by atoms with E-state index in [2.05, 4.69) is 43.4 Å². The molecule has 1 aliphatic carbocycles. The van der Waals surface area contributed by atoms with Crippen molar-refractivity contribution in [2.24, 2.45) is 5.92 Å². The first kappa shape index (κ1) is 21.0. The molecule has 0 saturated heterocycles. The number of nitrogens with one attached hydrogen (secondary N) is 3. The molecule has 0 radical (unpaired) electrons. The molecule has 1 amide bonds. The van der Waals surface area contributed by atoms with Crippen molar-refractivity contribution in [3.05, 3.63) is 50.6 Å².